The smallest absolute Gasteiger partial charge is 0.122 e. The van der Waals surface area contributed by atoms with Gasteiger partial charge >= 0.3 is 0 Å². The summed E-state index contributed by atoms with van der Waals surface area (Å²) in [6, 6.07) is 14.0. The molecule has 0 amide bonds. The Balaban J connectivity index is 1.73. The SMILES string of the molecule is Cc1cc(N)ccc1OCC1CCOc2ccccc21. The predicted octanol–water partition coefficient (Wildman–Crippen LogP) is 3.52. The highest BCUT2D eigenvalue weighted by Gasteiger charge is 2.21. The zero-order chi connectivity index (χ0) is 13.9. The van der Waals surface area contributed by atoms with Crippen molar-refractivity contribution in [1.29, 1.82) is 0 Å². The normalized spacial score (nSPS) is 17.1. The van der Waals surface area contributed by atoms with Gasteiger partial charge in [-0.1, -0.05) is 18.2 Å². The third-order valence-corrected chi connectivity index (χ3v) is 3.72. The van der Waals surface area contributed by atoms with E-state index in [1.165, 1.54) is 5.56 Å². The van der Waals surface area contributed by atoms with Crippen molar-refractivity contribution in [3.63, 3.8) is 0 Å². The standard InChI is InChI=1S/C17H19NO2/c1-12-10-14(18)6-7-16(12)20-11-13-8-9-19-17-5-3-2-4-15(13)17/h2-7,10,13H,8-9,11,18H2,1H3. The number of benzene rings is 2. The van der Waals surface area contributed by atoms with Crippen LogP contribution in [0.5, 0.6) is 11.5 Å². The van der Waals surface area contributed by atoms with E-state index in [9.17, 15) is 0 Å². The van der Waals surface area contributed by atoms with Crippen LogP contribution in [0.15, 0.2) is 42.5 Å². The minimum Gasteiger partial charge on any atom is -0.493 e. The highest BCUT2D eigenvalue weighted by atomic mass is 16.5. The van der Waals surface area contributed by atoms with E-state index in [1.807, 2.05) is 37.3 Å². The quantitative estimate of drug-likeness (QED) is 0.867. The number of hydrogen-bond acceptors (Lipinski definition) is 3. The van der Waals surface area contributed by atoms with Crippen LogP contribution in [0.2, 0.25) is 0 Å². The number of hydrogen-bond donors (Lipinski definition) is 1. The molecule has 0 radical (unpaired) electrons. The molecule has 0 saturated heterocycles. The van der Waals surface area contributed by atoms with E-state index in [-0.39, 0.29) is 0 Å². The molecule has 2 N–H and O–H groups in total. The number of nitrogens with two attached hydrogens (primary N) is 1. The van der Waals surface area contributed by atoms with Crippen molar-refractivity contribution in [2.45, 2.75) is 19.3 Å². The Morgan fingerprint density at radius 2 is 2.10 bits per heavy atom. The third kappa shape index (κ3) is 2.57. The van der Waals surface area contributed by atoms with Gasteiger partial charge in [0.15, 0.2) is 0 Å². The van der Waals surface area contributed by atoms with Crippen LogP contribution in [0.25, 0.3) is 0 Å². The lowest BCUT2D eigenvalue weighted by molar-refractivity contribution is 0.217. The maximum atomic E-state index is 5.98. The van der Waals surface area contributed by atoms with Gasteiger partial charge in [0.1, 0.15) is 11.5 Å². The Kier molecular flexibility index (Phi) is 3.50. The van der Waals surface area contributed by atoms with Crippen LogP contribution in [-0.4, -0.2) is 13.2 Å². The van der Waals surface area contributed by atoms with Crippen molar-refractivity contribution in [3.8, 4) is 11.5 Å². The van der Waals surface area contributed by atoms with E-state index in [0.29, 0.717) is 12.5 Å². The molecule has 0 aliphatic carbocycles. The van der Waals surface area contributed by atoms with Crippen LogP contribution >= 0.6 is 0 Å². The molecule has 0 saturated carbocycles. The molecule has 0 bridgehead atoms. The highest BCUT2D eigenvalue weighted by Crippen LogP contribution is 2.34. The second-order valence-corrected chi connectivity index (χ2v) is 5.21. The summed E-state index contributed by atoms with van der Waals surface area (Å²) in [5.41, 5.74) is 8.84. The van der Waals surface area contributed by atoms with Gasteiger partial charge in [-0.05, 0) is 43.2 Å². The average molecular weight is 269 g/mol. The molecule has 2 aromatic rings. The molecule has 1 aliphatic heterocycles. The molecule has 20 heavy (non-hydrogen) atoms. The molecule has 3 nitrogen and oxygen atoms in total. The molecule has 3 heteroatoms. The van der Waals surface area contributed by atoms with Gasteiger partial charge in [0.05, 0.1) is 13.2 Å². The molecule has 1 unspecified atom stereocenters. The zero-order valence-corrected chi connectivity index (χ0v) is 11.6. The van der Waals surface area contributed by atoms with Gasteiger partial charge in [0.2, 0.25) is 0 Å². The number of anilines is 1. The fraction of sp³-hybridized carbons (Fsp3) is 0.294. The Labute approximate surface area is 119 Å². The van der Waals surface area contributed by atoms with Crippen molar-refractivity contribution in [3.05, 3.63) is 53.6 Å². The van der Waals surface area contributed by atoms with E-state index >= 15 is 0 Å². The van der Waals surface area contributed by atoms with Crippen LogP contribution in [0.4, 0.5) is 5.69 Å². The molecule has 3 rings (SSSR count). The lowest BCUT2D eigenvalue weighted by Crippen LogP contribution is -2.19. The van der Waals surface area contributed by atoms with Crippen molar-refractivity contribution in [2.24, 2.45) is 0 Å². The number of ether oxygens (including phenoxy) is 2. The van der Waals surface area contributed by atoms with Crippen LogP contribution in [0.1, 0.15) is 23.5 Å². The van der Waals surface area contributed by atoms with Crippen molar-refractivity contribution in [2.75, 3.05) is 18.9 Å². The summed E-state index contributed by atoms with van der Waals surface area (Å²) in [4.78, 5) is 0. The first kappa shape index (κ1) is 12.9. The Morgan fingerprint density at radius 3 is 2.95 bits per heavy atom. The van der Waals surface area contributed by atoms with Crippen molar-refractivity contribution in [1.82, 2.24) is 0 Å². The van der Waals surface area contributed by atoms with E-state index in [2.05, 4.69) is 12.1 Å². The van der Waals surface area contributed by atoms with Crippen LogP contribution in [0.3, 0.4) is 0 Å². The minimum atomic E-state index is 0.386. The summed E-state index contributed by atoms with van der Waals surface area (Å²) in [6.45, 7) is 3.44. The number of rotatable bonds is 3. The average Bonchev–Trinajstić information content (AvgIpc) is 2.46. The van der Waals surface area contributed by atoms with Crippen LogP contribution in [-0.2, 0) is 0 Å². The molecular formula is C17H19NO2. The minimum absolute atomic E-state index is 0.386. The van der Waals surface area contributed by atoms with Gasteiger partial charge in [-0.25, -0.2) is 0 Å². The molecule has 2 aromatic carbocycles. The van der Waals surface area contributed by atoms with Crippen molar-refractivity contribution >= 4 is 5.69 Å². The molecule has 1 atom stereocenters. The van der Waals surface area contributed by atoms with Gasteiger partial charge in [-0.2, -0.15) is 0 Å². The van der Waals surface area contributed by atoms with Gasteiger partial charge in [0.25, 0.3) is 0 Å². The van der Waals surface area contributed by atoms with Crippen LogP contribution < -0.4 is 15.2 Å². The molecule has 0 fully saturated rings. The summed E-state index contributed by atoms with van der Waals surface area (Å²) in [5.74, 6) is 2.28. The summed E-state index contributed by atoms with van der Waals surface area (Å²) in [6.07, 6.45) is 0.991. The molecule has 1 heterocycles. The van der Waals surface area contributed by atoms with Gasteiger partial charge in [0, 0.05) is 17.2 Å². The Bertz CT molecular complexity index is 610. The summed E-state index contributed by atoms with van der Waals surface area (Å²) < 4.78 is 11.7. The first-order valence-electron chi connectivity index (χ1n) is 6.94. The largest absolute Gasteiger partial charge is 0.493 e. The Morgan fingerprint density at radius 1 is 1.25 bits per heavy atom. The number of para-hydroxylation sites is 1. The fourth-order valence-electron chi connectivity index (χ4n) is 2.61. The van der Waals surface area contributed by atoms with E-state index < -0.39 is 0 Å². The summed E-state index contributed by atoms with van der Waals surface area (Å²) in [7, 11) is 0. The summed E-state index contributed by atoms with van der Waals surface area (Å²) in [5, 5.41) is 0. The van der Waals surface area contributed by atoms with E-state index in [1.54, 1.807) is 0 Å². The van der Waals surface area contributed by atoms with Gasteiger partial charge in [-0.3, -0.25) is 0 Å². The topological polar surface area (TPSA) is 44.5 Å². The van der Waals surface area contributed by atoms with Gasteiger partial charge in [-0.15, -0.1) is 0 Å². The van der Waals surface area contributed by atoms with Crippen LogP contribution in [0, 0.1) is 6.92 Å². The van der Waals surface area contributed by atoms with Crippen molar-refractivity contribution < 1.29 is 9.47 Å². The number of nitrogen functional groups attached to an aromatic ring is 1. The van der Waals surface area contributed by atoms with E-state index in [0.717, 1.165) is 35.8 Å². The fourth-order valence-corrected chi connectivity index (χ4v) is 2.61. The molecular weight excluding hydrogens is 250 g/mol. The molecule has 104 valence electrons. The third-order valence-electron chi connectivity index (χ3n) is 3.72. The molecule has 1 aliphatic rings. The number of fused-ring (bicyclic) bond motifs is 1. The second-order valence-electron chi connectivity index (χ2n) is 5.21. The maximum Gasteiger partial charge on any atom is 0.122 e. The predicted molar refractivity (Wildman–Crippen MR) is 80.4 cm³/mol. The molecule has 0 aromatic heterocycles. The summed E-state index contributed by atoms with van der Waals surface area (Å²) >= 11 is 0. The number of aryl methyl sites for hydroxylation is 1. The monoisotopic (exact) mass is 269 g/mol. The maximum absolute atomic E-state index is 5.98. The van der Waals surface area contributed by atoms with Gasteiger partial charge < -0.3 is 15.2 Å². The first-order valence-corrected chi connectivity index (χ1v) is 6.94. The first-order chi connectivity index (χ1) is 9.74. The lowest BCUT2D eigenvalue weighted by Gasteiger charge is -2.26. The Hall–Kier alpha value is -2.16. The second kappa shape index (κ2) is 5.45. The highest BCUT2D eigenvalue weighted by molar-refractivity contribution is 5.47. The van der Waals surface area contributed by atoms with E-state index in [4.69, 9.17) is 15.2 Å². The zero-order valence-electron chi connectivity index (χ0n) is 11.6. The lowest BCUT2D eigenvalue weighted by atomic mass is 9.94. The molecule has 0 spiro atoms.